The van der Waals surface area contributed by atoms with Crippen LogP contribution in [0.1, 0.15) is 11.1 Å². The van der Waals surface area contributed by atoms with Crippen LogP contribution in [-0.4, -0.2) is 30.9 Å². The van der Waals surface area contributed by atoms with Gasteiger partial charge in [0.15, 0.2) is 17.6 Å². The molecule has 1 aliphatic rings. The van der Waals surface area contributed by atoms with Crippen LogP contribution < -0.4 is 14.2 Å². The van der Waals surface area contributed by atoms with Crippen LogP contribution in [0, 0.1) is 13.8 Å². The molecule has 2 heterocycles. The molecule has 1 N–H and O–H groups in total. The normalized spacial score (nSPS) is 16.0. The third kappa shape index (κ3) is 3.82. The van der Waals surface area contributed by atoms with Crippen molar-refractivity contribution in [3.05, 3.63) is 66.0 Å². The van der Waals surface area contributed by atoms with Crippen LogP contribution in [0.15, 0.2) is 59.8 Å². The van der Waals surface area contributed by atoms with Crippen molar-refractivity contribution in [3.8, 4) is 11.5 Å². The molecule has 0 saturated carbocycles. The highest BCUT2D eigenvalue weighted by atomic mass is 32.2. The summed E-state index contributed by atoms with van der Waals surface area (Å²) in [5.74, 6) is 1.42. The van der Waals surface area contributed by atoms with Crippen molar-refractivity contribution in [3.63, 3.8) is 0 Å². The number of rotatable bonds is 5. The van der Waals surface area contributed by atoms with Crippen LogP contribution >= 0.6 is 0 Å². The zero-order valence-corrected chi connectivity index (χ0v) is 16.4. The second-order valence-corrected chi connectivity index (χ2v) is 8.47. The van der Waals surface area contributed by atoms with Crippen molar-refractivity contribution < 1.29 is 17.9 Å². The summed E-state index contributed by atoms with van der Waals surface area (Å²) in [5.41, 5.74) is 1.98. The summed E-state index contributed by atoms with van der Waals surface area (Å²) in [6.45, 7) is 4.48. The van der Waals surface area contributed by atoms with Gasteiger partial charge < -0.3 is 9.47 Å². The number of benzene rings is 2. The van der Waals surface area contributed by atoms with Gasteiger partial charge in [0, 0.05) is 6.20 Å². The summed E-state index contributed by atoms with van der Waals surface area (Å²) in [7, 11) is -3.69. The molecule has 8 heteroatoms. The molecule has 1 aromatic heterocycles. The molecule has 0 bridgehead atoms. The fourth-order valence-electron chi connectivity index (χ4n) is 3.08. The first kappa shape index (κ1) is 18.4. The number of fused-ring (bicyclic) bond motifs is 1. The van der Waals surface area contributed by atoms with Gasteiger partial charge in [-0.1, -0.05) is 24.3 Å². The van der Waals surface area contributed by atoms with E-state index in [0.29, 0.717) is 30.2 Å². The first-order valence-corrected chi connectivity index (χ1v) is 10.4. The number of ether oxygens (including phenoxy) is 2. The Labute approximate surface area is 164 Å². The van der Waals surface area contributed by atoms with E-state index in [1.165, 1.54) is 6.20 Å². The lowest BCUT2D eigenvalue weighted by atomic mass is 10.2. The molecule has 3 aromatic rings. The Balaban J connectivity index is 1.46. The van der Waals surface area contributed by atoms with Gasteiger partial charge in [0.05, 0.1) is 23.3 Å². The molecule has 0 unspecified atom stereocenters. The van der Waals surface area contributed by atoms with E-state index in [2.05, 4.69) is 9.82 Å². The first-order chi connectivity index (χ1) is 13.4. The molecule has 0 saturated heterocycles. The zero-order valence-electron chi connectivity index (χ0n) is 15.6. The lowest BCUT2D eigenvalue weighted by Crippen LogP contribution is -2.33. The SMILES string of the molecule is Cc1ccc(C)c(S(=O)(=O)Nc2cnn(C[C@H]3COc4ccccc4O3)c2)c1. The minimum atomic E-state index is -3.69. The number of sulfonamides is 1. The summed E-state index contributed by atoms with van der Waals surface area (Å²) in [6.07, 6.45) is 2.92. The van der Waals surface area contributed by atoms with Crippen molar-refractivity contribution in [1.29, 1.82) is 0 Å². The highest BCUT2D eigenvalue weighted by molar-refractivity contribution is 7.92. The molecule has 7 nitrogen and oxygen atoms in total. The van der Waals surface area contributed by atoms with Crippen LogP contribution in [0.25, 0.3) is 0 Å². The van der Waals surface area contributed by atoms with E-state index >= 15 is 0 Å². The smallest absolute Gasteiger partial charge is 0.262 e. The highest BCUT2D eigenvalue weighted by Crippen LogP contribution is 2.31. The standard InChI is InChI=1S/C20H21N3O4S/c1-14-7-8-15(2)20(9-14)28(24,25)22-16-10-21-23(11-16)12-17-13-26-18-5-3-4-6-19(18)27-17/h3-11,17,22H,12-13H2,1-2H3/t17-/m0/s1. The van der Waals surface area contributed by atoms with Gasteiger partial charge >= 0.3 is 0 Å². The molecule has 0 fully saturated rings. The monoisotopic (exact) mass is 399 g/mol. The molecule has 0 amide bonds. The molecule has 1 atom stereocenters. The minimum Gasteiger partial charge on any atom is -0.486 e. The number of aryl methyl sites for hydroxylation is 2. The van der Waals surface area contributed by atoms with Gasteiger partial charge in [0.1, 0.15) is 6.61 Å². The summed E-state index contributed by atoms with van der Waals surface area (Å²) >= 11 is 0. The van der Waals surface area contributed by atoms with Gasteiger partial charge in [-0.2, -0.15) is 5.10 Å². The summed E-state index contributed by atoms with van der Waals surface area (Å²) in [5, 5.41) is 4.24. The third-order valence-electron chi connectivity index (χ3n) is 4.48. The largest absolute Gasteiger partial charge is 0.486 e. The van der Waals surface area contributed by atoms with Crippen LogP contribution in [0.3, 0.4) is 0 Å². The van der Waals surface area contributed by atoms with Gasteiger partial charge in [-0.05, 0) is 43.2 Å². The van der Waals surface area contributed by atoms with Crippen LogP contribution in [0.2, 0.25) is 0 Å². The Hall–Kier alpha value is -3.00. The van der Waals surface area contributed by atoms with Gasteiger partial charge in [0.25, 0.3) is 10.0 Å². The van der Waals surface area contributed by atoms with Crippen molar-refractivity contribution in [2.45, 2.75) is 31.4 Å². The van der Waals surface area contributed by atoms with E-state index in [1.54, 1.807) is 29.9 Å². The van der Waals surface area contributed by atoms with Crippen LogP contribution in [-0.2, 0) is 16.6 Å². The molecule has 1 aliphatic heterocycles. The quantitative estimate of drug-likeness (QED) is 0.713. The molecular weight excluding hydrogens is 378 g/mol. The van der Waals surface area contributed by atoms with Crippen LogP contribution in [0.4, 0.5) is 5.69 Å². The number of anilines is 1. The van der Waals surface area contributed by atoms with Gasteiger partial charge in [0.2, 0.25) is 0 Å². The maximum absolute atomic E-state index is 12.7. The van der Waals surface area contributed by atoms with E-state index in [1.807, 2.05) is 37.3 Å². The lowest BCUT2D eigenvalue weighted by molar-refractivity contribution is 0.0759. The van der Waals surface area contributed by atoms with Crippen molar-refractivity contribution in [1.82, 2.24) is 9.78 Å². The van der Waals surface area contributed by atoms with Gasteiger partial charge in [-0.25, -0.2) is 8.42 Å². The Morgan fingerprint density at radius 2 is 1.96 bits per heavy atom. The number of para-hydroxylation sites is 2. The van der Waals surface area contributed by atoms with Crippen LogP contribution in [0.5, 0.6) is 11.5 Å². The maximum atomic E-state index is 12.7. The van der Waals surface area contributed by atoms with Crippen molar-refractivity contribution in [2.24, 2.45) is 0 Å². The molecule has 146 valence electrons. The predicted molar refractivity (Wildman–Crippen MR) is 105 cm³/mol. The Morgan fingerprint density at radius 1 is 1.18 bits per heavy atom. The fourth-order valence-corrected chi connectivity index (χ4v) is 4.44. The molecule has 0 spiro atoms. The summed E-state index contributed by atoms with van der Waals surface area (Å²) < 4.78 is 41.3. The molecule has 0 aliphatic carbocycles. The molecule has 4 rings (SSSR count). The molecule has 2 aromatic carbocycles. The lowest BCUT2D eigenvalue weighted by Gasteiger charge is -2.26. The average molecular weight is 399 g/mol. The number of hydrogen-bond donors (Lipinski definition) is 1. The van der Waals surface area contributed by atoms with E-state index in [-0.39, 0.29) is 11.0 Å². The van der Waals surface area contributed by atoms with Gasteiger partial charge in [-0.15, -0.1) is 0 Å². The van der Waals surface area contributed by atoms with E-state index in [4.69, 9.17) is 9.47 Å². The number of nitrogens with zero attached hydrogens (tertiary/aromatic N) is 2. The minimum absolute atomic E-state index is 0.210. The topological polar surface area (TPSA) is 82.5 Å². The van der Waals surface area contributed by atoms with E-state index < -0.39 is 10.0 Å². The summed E-state index contributed by atoms with van der Waals surface area (Å²) in [6, 6.07) is 12.8. The summed E-state index contributed by atoms with van der Waals surface area (Å²) in [4.78, 5) is 0.265. The Kier molecular flexibility index (Phi) is 4.72. The number of nitrogens with one attached hydrogen (secondary N) is 1. The maximum Gasteiger partial charge on any atom is 0.262 e. The second kappa shape index (κ2) is 7.20. The highest BCUT2D eigenvalue weighted by Gasteiger charge is 2.22. The molecular formula is C20H21N3O4S. The zero-order chi connectivity index (χ0) is 19.7. The molecule has 0 radical (unpaired) electrons. The second-order valence-electron chi connectivity index (χ2n) is 6.82. The van der Waals surface area contributed by atoms with E-state index in [0.717, 1.165) is 11.3 Å². The van der Waals surface area contributed by atoms with E-state index in [9.17, 15) is 8.42 Å². The van der Waals surface area contributed by atoms with Crippen molar-refractivity contribution >= 4 is 15.7 Å². The predicted octanol–water partition coefficient (Wildman–Crippen LogP) is 3.14. The number of hydrogen-bond acceptors (Lipinski definition) is 5. The molecule has 28 heavy (non-hydrogen) atoms. The first-order valence-electron chi connectivity index (χ1n) is 8.92. The third-order valence-corrected chi connectivity index (χ3v) is 6.00. The average Bonchev–Trinajstić information content (AvgIpc) is 3.09. The van der Waals surface area contributed by atoms with Crippen molar-refractivity contribution in [2.75, 3.05) is 11.3 Å². The Morgan fingerprint density at radius 3 is 2.79 bits per heavy atom. The Bertz CT molecular complexity index is 1110. The van der Waals surface area contributed by atoms with Gasteiger partial charge in [-0.3, -0.25) is 9.40 Å². The number of aromatic nitrogens is 2. The fraction of sp³-hybridized carbons (Fsp3) is 0.250.